The van der Waals surface area contributed by atoms with Gasteiger partial charge in [-0.1, -0.05) is 13.8 Å². The quantitative estimate of drug-likeness (QED) is 0.444. The first-order valence-electron chi connectivity index (χ1n) is 3.47. The SMILES string of the molecule is CC[Si](CC)(OC=O)OC=O. The zero-order valence-electron chi connectivity index (χ0n) is 6.70. The van der Waals surface area contributed by atoms with Crippen molar-refractivity contribution in [1.29, 1.82) is 0 Å². The summed E-state index contributed by atoms with van der Waals surface area (Å²) in [4.78, 5) is 20.1. The predicted molar refractivity (Wildman–Crippen MR) is 41.0 cm³/mol. The zero-order chi connectivity index (χ0) is 8.74. The maximum absolute atomic E-state index is 10.0. The smallest absolute Gasteiger partial charge is 0.463 e. The van der Waals surface area contributed by atoms with Crippen molar-refractivity contribution < 1.29 is 18.4 Å². The monoisotopic (exact) mass is 176 g/mol. The first kappa shape index (κ1) is 10.2. The van der Waals surface area contributed by atoms with Gasteiger partial charge in [-0.25, -0.2) is 0 Å². The standard InChI is InChI=1S/C6H12O4Si/c1-3-11(4-2,9-5-7)10-6-8/h5-6H,3-4H2,1-2H3. The van der Waals surface area contributed by atoms with Gasteiger partial charge in [0.05, 0.1) is 0 Å². The highest BCUT2D eigenvalue weighted by atomic mass is 28.4. The van der Waals surface area contributed by atoms with Crippen LogP contribution in [0.25, 0.3) is 0 Å². The Morgan fingerprint density at radius 3 is 1.64 bits per heavy atom. The van der Waals surface area contributed by atoms with Crippen LogP contribution in [0.4, 0.5) is 0 Å². The van der Waals surface area contributed by atoms with Crippen molar-refractivity contribution in [1.82, 2.24) is 0 Å². The molecule has 0 saturated carbocycles. The highest BCUT2D eigenvalue weighted by Gasteiger charge is 2.36. The van der Waals surface area contributed by atoms with Gasteiger partial charge >= 0.3 is 8.56 Å². The first-order chi connectivity index (χ1) is 5.24. The van der Waals surface area contributed by atoms with Crippen LogP contribution in [0, 0.1) is 0 Å². The van der Waals surface area contributed by atoms with E-state index in [0.29, 0.717) is 25.0 Å². The molecule has 0 aliphatic carbocycles. The van der Waals surface area contributed by atoms with E-state index >= 15 is 0 Å². The fraction of sp³-hybridized carbons (Fsp3) is 0.667. The summed E-state index contributed by atoms with van der Waals surface area (Å²) >= 11 is 0. The van der Waals surface area contributed by atoms with Gasteiger partial charge in [0.15, 0.2) is 0 Å². The Bertz CT molecular complexity index is 121. The molecular formula is C6H12O4Si. The van der Waals surface area contributed by atoms with Gasteiger partial charge in [0, 0.05) is 12.1 Å². The number of carbonyl (C=O) groups excluding carboxylic acids is 2. The van der Waals surface area contributed by atoms with Gasteiger partial charge in [0.2, 0.25) is 0 Å². The summed E-state index contributed by atoms with van der Waals surface area (Å²) in [5.74, 6) is 0. The molecule has 0 aromatic carbocycles. The number of hydrogen-bond acceptors (Lipinski definition) is 4. The van der Waals surface area contributed by atoms with E-state index in [1.165, 1.54) is 0 Å². The first-order valence-corrected chi connectivity index (χ1v) is 5.70. The molecular weight excluding hydrogens is 164 g/mol. The summed E-state index contributed by atoms with van der Waals surface area (Å²) in [6.07, 6.45) is 0. The molecule has 0 radical (unpaired) electrons. The van der Waals surface area contributed by atoms with Gasteiger partial charge in [0.25, 0.3) is 12.9 Å². The Balaban J connectivity index is 4.17. The molecule has 0 aliphatic heterocycles. The topological polar surface area (TPSA) is 52.6 Å². The van der Waals surface area contributed by atoms with Crippen LogP contribution in [0.3, 0.4) is 0 Å². The Kier molecular flexibility index (Phi) is 4.52. The second-order valence-electron chi connectivity index (χ2n) is 2.05. The van der Waals surface area contributed by atoms with E-state index in [4.69, 9.17) is 8.85 Å². The molecule has 0 aromatic rings. The molecule has 0 unspecified atom stereocenters. The molecule has 0 aromatic heterocycles. The minimum atomic E-state index is -2.48. The highest BCUT2D eigenvalue weighted by Crippen LogP contribution is 2.15. The van der Waals surface area contributed by atoms with Crippen molar-refractivity contribution in [3.63, 3.8) is 0 Å². The van der Waals surface area contributed by atoms with E-state index in [0.717, 1.165) is 0 Å². The molecule has 0 spiro atoms. The molecule has 0 amide bonds. The normalized spacial score (nSPS) is 10.4. The minimum absolute atomic E-state index is 0.350. The summed E-state index contributed by atoms with van der Waals surface area (Å²) in [6.45, 7) is 4.37. The van der Waals surface area contributed by atoms with E-state index in [9.17, 15) is 9.59 Å². The molecule has 0 atom stereocenters. The fourth-order valence-corrected chi connectivity index (χ4v) is 2.36. The molecule has 0 rings (SSSR count). The number of hydrogen-bond donors (Lipinski definition) is 0. The summed E-state index contributed by atoms with van der Waals surface area (Å²) in [6, 6.07) is 1.20. The van der Waals surface area contributed by atoms with E-state index in [1.807, 2.05) is 13.8 Å². The molecule has 0 fully saturated rings. The third-order valence-corrected chi connectivity index (χ3v) is 4.81. The lowest BCUT2D eigenvalue weighted by Crippen LogP contribution is -2.39. The van der Waals surface area contributed by atoms with Crippen molar-refractivity contribution in [3.8, 4) is 0 Å². The van der Waals surface area contributed by atoms with Gasteiger partial charge < -0.3 is 8.85 Å². The van der Waals surface area contributed by atoms with Crippen molar-refractivity contribution in [2.45, 2.75) is 25.9 Å². The van der Waals surface area contributed by atoms with Crippen LogP contribution in [0.1, 0.15) is 13.8 Å². The van der Waals surface area contributed by atoms with Crippen molar-refractivity contribution >= 4 is 21.5 Å². The van der Waals surface area contributed by atoms with Crippen molar-refractivity contribution in [3.05, 3.63) is 0 Å². The summed E-state index contributed by atoms with van der Waals surface area (Å²) in [5.41, 5.74) is 0. The van der Waals surface area contributed by atoms with Crippen LogP contribution in [-0.2, 0) is 18.4 Å². The van der Waals surface area contributed by atoms with Crippen LogP contribution in [0.2, 0.25) is 12.1 Å². The van der Waals surface area contributed by atoms with Gasteiger partial charge in [0.1, 0.15) is 0 Å². The molecule has 0 bridgehead atoms. The molecule has 0 aliphatic rings. The molecule has 11 heavy (non-hydrogen) atoms. The van der Waals surface area contributed by atoms with Gasteiger partial charge in [-0.3, -0.25) is 9.59 Å². The Hall–Kier alpha value is -0.843. The summed E-state index contributed by atoms with van der Waals surface area (Å²) < 4.78 is 9.55. The lowest BCUT2D eigenvalue weighted by molar-refractivity contribution is -0.126. The van der Waals surface area contributed by atoms with E-state index in [1.54, 1.807) is 0 Å². The lowest BCUT2D eigenvalue weighted by atomic mass is 10.9. The highest BCUT2D eigenvalue weighted by molar-refractivity contribution is 6.69. The lowest BCUT2D eigenvalue weighted by Gasteiger charge is -2.22. The van der Waals surface area contributed by atoms with E-state index < -0.39 is 8.56 Å². The molecule has 64 valence electrons. The molecule has 4 nitrogen and oxygen atoms in total. The Labute approximate surface area is 66.7 Å². The largest absolute Gasteiger partial charge is 0.487 e. The van der Waals surface area contributed by atoms with Crippen LogP contribution in [0.15, 0.2) is 0 Å². The molecule has 0 heterocycles. The maximum atomic E-state index is 10.0. The minimum Gasteiger partial charge on any atom is -0.487 e. The van der Waals surface area contributed by atoms with Crippen LogP contribution >= 0.6 is 0 Å². The molecule has 5 heteroatoms. The average Bonchev–Trinajstić information content (AvgIpc) is 2.04. The third-order valence-electron chi connectivity index (χ3n) is 1.60. The van der Waals surface area contributed by atoms with E-state index in [2.05, 4.69) is 0 Å². The second-order valence-corrected chi connectivity index (χ2v) is 5.75. The van der Waals surface area contributed by atoms with Gasteiger partial charge in [-0.15, -0.1) is 0 Å². The Morgan fingerprint density at radius 2 is 1.45 bits per heavy atom. The summed E-state index contributed by atoms with van der Waals surface area (Å²) in [5, 5.41) is 0. The van der Waals surface area contributed by atoms with E-state index in [-0.39, 0.29) is 0 Å². The Morgan fingerprint density at radius 1 is 1.09 bits per heavy atom. The second kappa shape index (κ2) is 4.89. The van der Waals surface area contributed by atoms with Crippen LogP contribution in [-0.4, -0.2) is 21.5 Å². The molecule has 0 N–H and O–H groups in total. The van der Waals surface area contributed by atoms with Crippen LogP contribution < -0.4 is 0 Å². The summed E-state index contributed by atoms with van der Waals surface area (Å²) in [7, 11) is -2.48. The van der Waals surface area contributed by atoms with Gasteiger partial charge in [-0.05, 0) is 0 Å². The maximum Gasteiger partial charge on any atom is 0.463 e. The third kappa shape index (κ3) is 2.71. The zero-order valence-corrected chi connectivity index (χ0v) is 7.70. The van der Waals surface area contributed by atoms with Gasteiger partial charge in [-0.2, -0.15) is 0 Å². The predicted octanol–water partition coefficient (Wildman–Crippen LogP) is 0.814. The van der Waals surface area contributed by atoms with Crippen molar-refractivity contribution in [2.24, 2.45) is 0 Å². The number of rotatable bonds is 6. The average molecular weight is 176 g/mol. The molecule has 0 saturated heterocycles. The van der Waals surface area contributed by atoms with Crippen LogP contribution in [0.5, 0.6) is 0 Å². The fourth-order valence-electron chi connectivity index (χ4n) is 0.786. The van der Waals surface area contributed by atoms with Crippen molar-refractivity contribution in [2.75, 3.05) is 0 Å². The number of carbonyl (C=O) groups is 2.